The van der Waals surface area contributed by atoms with Crippen LogP contribution in [0.4, 0.5) is 13.2 Å². The van der Waals surface area contributed by atoms with Crippen molar-refractivity contribution in [3.8, 4) is 17.3 Å². The zero-order valence-corrected chi connectivity index (χ0v) is 9.69. The largest absolute Gasteiger partial charge is 0.417 e. The Hall–Kier alpha value is -2.05. The smallest absolute Gasteiger partial charge is 0.388 e. The molecule has 0 spiro atoms. The number of aromatic nitrogens is 3. The van der Waals surface area contributed by atoms with Crippen molar-refractivity contribution in [3.05, 3.63) is 29.7 Å². The van der Waals surface area contributed by atoms with Gasteiger partial charge in [-0.05, 0) is 18.6 Å². The quantitative estimate of drug-likeness (QED) is 0.848. The van der Waals surface area contributed by atoms with Gasteiger partial charge in [0.15, 0.2) is 5.82 Å². The van der Waals surface area contributed by atoms with Crippen molar-refractivity contribution in [2.45, 2.75) is 13.5 Å². The third-order valence-electron chi connectivity index (χ3n) is 2.27. The second-order valence-corrected chi connectivity index (χ2v) is 3.71. The maximum atomic E-state index is 13.6. The summed E-state index contributed by atoms with van der Waals surface area (Å²) in [7, 11) is 1.42. The van der Waals surface area contributed by atoms with E-state index in [1.165, 1.54) is 25.4 Å². The Labute approximate surface area is 101 Å². The molecule has 0 atom stereocenters. The molecule has 0 radical (unpaired) electrons. The minimum Gasteiger partial charge on any atom is -0.417 e. The number of halogens is 3. The molecule has 0 unspecified atom stereocenters. The van der Waals surface area contributed by atoms with Gasteiger partial charge in [0.1, 0.15) is 11.4 Å². The molecule has 2 aromatic heterocycles. The van der Waals surface area contributed by atoms with E-state index >= 15 is 0 Å². The summed E-state index contributed by atoms with van der Waals surface area (Å²) in [5.41, 5.74) is 0.808. The van der Waals surface area contributed by atoms with Crippen LogP contribution in [0.3, 0.4) is 0 Å². The molecule has 0 aliphatic carbocycles. The summed E-state index contributed by atoms with van der Waals surface area (Å²) in [6.45, 7) is -1.26. The van der Waals surface area contributed by atoms with E-state index in [4.69, 9.17) is 0 Å². The first-order valence-corrected chi connectivity index (χ1v) is 5.08. The van der Waals surface area contributed by atoms with Crippen molar-refractivity contribution in [2.24, 2.45) is 7.05 Å². The van der Waals surface area contributed by atoms with Gasteiger partial charge >= 0.3 is 6.61 Å². The first-order chi connectivity index (χ1) is 8.47. The average Bonchev–Trinajstić information content (AvgIpc) is 2.59. The number of rotatable bonds is 3. The van der Waals surface area contributed by atoms with E-state index < -0.39 is 12.4 Å². The fraction of sp³-hybridized carbons (Fsp3) is 0.273. The number of pyridine rings is 1. The highest BCUT2D eigenvalue weighted by molar-refractivity contribution is 5.56. The Kier molecular flexibility index (Phi) is 3.22. The van der Waals surface area contributed by atoms with Crippen LogP contribution in [0.25, 0.3) is 11.4 Å². The van der Waals surface area contributed by atoms with E-state index in [1.807, 2.05) is 0 Å². The molecule has 2 aromatic rings. The van der Waals surface area contributed by atoms with Crippen LogP contribution in [-0.4, -0.2) is 21.4 Å². The number of aryl methyl sites for hydroxylation is 2. The molecule has 2 heterocycles. The summed E-state index contributed by atoms with van der Waals surface area (Å²) in [5, 5.41) is 3.88. The summed E-state index contributed by atoms with van der Waals surface area (Å²) < 4.78 is 43.1. The van der Waals surface area contributed by atoms with Crippen LogP contribution in [0, 0.1) is 12.7 Å². The zero-order chi connectivity index (χ0) is 13.3. The number of alkyl halides is 2. The molecule has 0 aromatic carbocycles. The van der Waals surface area contributed by atoms with Crippen LogP contribution in [0.5, 0.6) is 5.88 Å². The first-order valence-electron chi connectivity index (χ1n) is 5.08. The van der Waals surface area contributed by atoms with Crippen molar-refractivity contribution in [1.29, 1.82) is 0 Å². The van der Waals surface area contributed by atoms with Crippen LogP contribution in [0.15, 0.2) is 18.3 Å². The topological polar surface area (TPSA) is 39.9 Å². The van der Waals surface area contributed by atoms with Crippen LogP contribution in [0.1, 0.15) is 5.56 Å². The molecule has 18 heavy (non-hydrogen) atoms. The summed E-state index contributed by atoms with van der Waals surface area (Å²) in [6.07, 6.45) is 1.47. The van der Waals surface area contributed by atoms with Gasteiger partial charge in [0, 0.05) is 19.3 Å². The molecule has 2 rings (SSSR count). The fourth-order valence-electron chi connectivity index (χ4n) is 1.49. The standard InChI is InChI=1S/C11H10F3N3O/c1-6-3-7(12)10(15-5-6)8-4-9(17(2)16-8)18-11(13)14/h3-5,11H,1-2H3. The highest BCUT2D eigenvalue weighted by Gasteiger charge is 2.15. The van der Waals surface area contributed by atoms with Gasteiger partial charge in [0.05, 0.1) is 0 Å². The third kappa shape index (κ3) is 2.44. The van der Waals surface area contributed by atoms with Gasteiger partial charge in [-0.3, -0.25) is 4.98 Å². The van der Waals surface area contributed by atoms with Gasteiger partial charge < -0.3 is 4.74 Å². The first kappa shape index (κ1) is 12.4. The van der Waals surface area contributed by atoms with Gasteiger partial charge in [-0.2, -0.15) is 13.9 Å². The second-order valence-electron chi connectivity index (χ2n) is 3.71. The molecule has 0 saturated heterocycles. The molecule has 0 fully saturated rings. The average molecular weight is 257 g/mol. The highest BCUT2D eigenvalue weighted by Crippen LogP contribution is 2.24. The van der Waals surface area contributed by atoms with Crippen molar-refractivity contribution >= 4 is 0 Å². The summed E-state index contributed by atoms with van der Waals surface area (Å²) in [4.78, 5) is 3.89. The number of hydrogen-bond acceptors (Lipinski definition) is 3. The Morgan fingerprint density at radius 3 is 2.67 bits per heavy atom. The van der Waals surface area contributed by atoms with Crippen molar-refractivity contribution in [3.63, 3.8) is 0 Å². The molecular weight excluding hydrogens is 247 g/mol. The lowest BCUT2D eigenvalue weighted by atomic mass is 10.2. The van der Waals surface area contributed by atoms with E-state index in [0.29, 0.717) is 5.56 Å². The fourth-order valence-corrected chi connectivity index (χ4v) is 1.49. The Bertz CT molecular complexity index is 569. The molecule has 0 amide bonds. The molecule has 96 valence electrons. The number of ether oxygens (including phenoxy) is 1. The predicted octanol–water partition coefficient (Wildman–Crippen LogP) is 2.53. The SMILES string of the molecule is Cc1cnc(-c2cc(OC(F)F)n(C)n2)c(F)c1. The molecule has 7 heteroatoms. The highest BCUT2D eigenvalue weighted by atomic mass is 19.3. The number of nitrogens with zero attached hydrogens (tertiary/aromatic N) is 3. The molecule has 0 N–H and O–H groups in total. The number of hydrogen-bond donors (Lipinski definition) is 0. The maximum absolute atomic E-state index is 13.6. The minimum absolute atomic E-state index is 0.000293. The van der Waals surface area contributed by atoms with Crippen LogP contribution >= 0.6 is 0 Å². The molecule has 0 saturated carbocycles. The summed E-state index contributed by atoms with van der Waals surface area (Å²) in [6, 6.07) is 2.51. The van der Waals surface area contributed by atoms with Gasteiger partial charge in [0.25, 0.3) is 0 Å². The van der Waals surface area contributed by atoms with Crippen LogP contribution in [0.2, 0.25) is 0 Å². The monoisotopic (exact) mass is 257 g/mol. The van der Waals surface area contributed by atoms with Gasteiger partial charge in [-0.25, -0.2) is 9.07 Å². The van der Waals surface area contributed by atoms with Gasteiger partial charge in [0.2, 0.25) is 5.88 Å². The van der Waals surface area contributed by atoms with E-state index in [0.717, 1.165) is 4.68 Å². The Morgan fingerprint density at radius 2 is 2.06 bits per heavy atom. The summed E-state index contributed by atoms with van der Waals surface area (Å²) in [5.74, 6) is -0.710. The van der Waals surface area contributed by atoms with Crippen molar-refractivity contribution in [2.75, 3.05) is 0 Å². The van der Waals surface area contributed by atoms with E-state index in [-0.39, 0.29) is 17.3 Å². The zero-order valence-electron chi connectivity index (χ0n) is 9.69. The third-order valence-corrected chi connectivity index (χ3v) is 2.27. The normalized spacial score (nSPS) is 11.0. The molecule has 0 aliphatic rings. The van der Waals surface area contributed by atoms with Gasteiger partial charge in [-0.1, -0.05) is 0 Å². The Morgan fingerprint density at radius 1 is 1.33 bits per heavy atom. The molecular formula is C11H10F3N3O. The summed E-state index contributed by atoms with van der Waals surface area (Å²) >= 11 is 0. The lowest BCUT2D eigenvalue weighted by molar-refractivity contribution is -0.0553. The molecule has 0 bridgehead atoms. The minimum atomic E-state index is -2.95. The van der Waals surface area contributed by atoms with Crippen molar-refractivity contribution < 1.29 is 17.9 Å². The van der Waals surface area contributed by atoms with Crippen LogP contribution < -0.4 is 4.74 Å². The van der Waals surface area contributed by atoms with E-state index in [2.05, 4.69) is 14.8 Å². The Balaban J connectivity index is 2.39. The van der Waals surface area contributed by atoms with Crippen molar-refractivity contribution in [1.82, 2.24) is 14.8 Å². The van der Waals surface area contributed by atoms with E-state index in [9.17, 15) is 13.2 Å². The van der Waals surface area contributed by atoms with Crippen LogP contribution in [-0.2, 0) is 7.05 Å². The predicted molar refractivity (Wildman–Crippen MR) is 57.8 cm³/mol. The second kappa shape index (κ2) is 4.67. The lowest BCUT2D eigenvalue weighted by Crippen LogP contribution is -2.05. The molecule has 0 aliphatic heterocycles. The van der Waals surface area contributed by atoms with E-state index in [1.54, 1.807) is 6.92 Å². The van der Waals surface area contributed by atoms with Gasteiger partial charge in [-0.15, -0.1) is 0 Å². The molecule has 4 nitrogen and oxygen atoms in total. The maximum Gasteiger partial charge on any atom is 0.388 e. The lowest BCUT2D eigenvalue weighted by Gasteiger charge is -2.01.